The molecule has 0 spiro atoms. The third-order valence-corrected chi connectivity index (χ3v) is 7.04. The summed E-state index contributed by atoms with van der Waals surface area (Å²) >= 11 is 0. The van der Waals surface area contributed by atoms with Gasteiger partial charge in [0.25, 0.3) is 0 Å². The van der Waals surface area contributed by atoms with Crippen LogP contribution in [0.15, 0.2) is 73.1 Å². The van der Waals surface area contributed by atoms with E-state index < -0.39 is 18.8 Å². The Kier molecular flexibility index (Phi) is 8.25. The number of aromatic nitrogens is 2. The molecule has 0 radical (unpaired) electrons. The van der Waals surface area contributed by atoms with Crippen molar-refractivity contribution in [3.05, 3.63) is 78.6 Å². The van der Waals surface area contributed by atoms with E-state index >= 15 is 0 Å². The first-order valence-electron chi connectivity index (χ1n) is 13.3. The van der Waals surface area contributed by atoms with E-state index in [9.17, 15) is 22.8 Å². The maximum Gasteiger partial charge on any atom is 0.405 e. The van der Waals surface area contributed by atoms with Crippen LogP contribution in [0, 0.1) is 0 Å². The molecule has 2 atom stereocenters. The summed E-state index contributed by atoms with van der Waals surface area (Å²) in [5, 5.41) is 7.20. The standard InChI is InChI=1S/C30H30F3N5O3/c1-19(28(39)34-16-25-6-3-13-41-25)20-7-9-21(10-8-20)22-11-12-27-26(14-22)36-18-38(27)24-5-2-4-23(15-24)37-29(40)35-17-30(31,32)33/h2,4-5,7-12,14-15,18-19,25H,3,6,13,16-17H2,1H3,(H,34,39)(H2,35,37,40). The molecule has 2 unspecified atom stereocenters. The van der Waals surface area contributed by atoms with Gasteiger partial charge in [0.2, 0.25) is 5.91 Å². The molecule has 3 aromatic carbocycles. The first-order valence-corrected chi connectivity index (χ1v) is 13.3. The molecular formula is C30H30F3N5O3. The van der Waals surface area contributed by atoms with Crippen LogP contribution in [0.3, 0.4) is 0 Å². The lowest BCUT2D eigenvalue weighted by atomic mass is 9.96. The van der Waals surface area contributed by atoms with Crippen LogP contribution in [0.2, 0.25) is 0 Å². The Labute approximate surface area is 234 Å². The summed E-state index contributed by atoms with van der Waals surface area (Å²) in [4.78, 5) is 29.0. The predicted molar refractivity (Wildman–Crippen MR) is 150 cm³/mol. The minimum absolute atomic E-state index is 0.0265. The van der Waals surface area contributed by atoms with Gasteiger partial charge >= 0.3 is 12.2 Å². The molecule has 0 bridgehead atoms. The van der Waals surface area contributed by atoms with Crippen molar-refractivity contribution in [3.8, 4) is 16.8 Å². The molecule has 2 heterocycles. The first-order chi connectivity index (χ1) is 19.7. The second kappa shape index (κ2) is 12.0. The van der Waals surface area contributed by atoms with Crippen molar-refractivity contribution >= 4 is 28.7 Å². The molecule has 4 aromatic rings. The molecule has 41 heavy (non-hydrogen) atoms. The van der Waals surface area contributed by atoms with E-state index in [1.165, 1.54) is 0 Å². The highest BCUT2D eigenvalue weighted by Crippen LogP contribution is 2.28. The van der Waals surface area contributed by atoms with Gasteiger partial charge in [-0.05, 0) is 66.8 Å². The zero-order chi connectivity index (χ0) is 29.0. The number of alkyl halides is 3. The van der Waals surface area contributed by atoms with Crippen molar-refractivity contribution in [1.82, 2.24) is 20.2 Å². The van der Waals surface area contributed by atoms with Gasteiger partial charge in [0.05, 0.1) is 23.1 Å². The number of halogens is 3. The highest BCUT2D eigenvalue weighted by Gasteiger charge is 2.27. The average molecular weight is 566 g/mol. The molecule has 8 nitrogen and oxygen atoms in total. The lowest BCUT2D eigenvalue weighted by Crippen LogP contribution is -2.36. The van der Waals surface area contributed by atoms with Crippen LogP contribution < -0.4 is 16.0 Å². The van der Waals surface area contributed by atoms with Crippen molar-refractivity contribution in [2.45, 2.75) is 38.0 Å². The van der Waals surface area contributed by atoms with E-state index in [1.54, 1.807) is 29.8 Å². The van der Waals surface area contributed by atoms with Crippen LogP contribution in [0.1, 0.15) is 31.2 Å². The van der Waals surface area contributed by atoms with Crippen molar-refractivity contribution in [2.24, 2.45) is 0 Å². The van der Waals surface area contributed by atoms with E-state index in [-0.39, 0.29) is 17.9 Å². The number of carbonyl (C=O) groups excluding carboxylic acids is 2. The summed E-state index contributed by atoms with van der Waals surface area (Å²) in [5.74, 6) is -0.314. The van der Waals surface area contributed by atoms with Gasteiger partial charge in [0, 0.05) is 24.5 Å². The zero-order valence-corrected chi connectivity index (χ0v) is 22.4. The largest absolute Gasteiger partial charge is 0.405 e. The van der Waals surface area contributed by atoms with Gasteiger partial charge in [-0.2, -0.15) is 13.2 Å². The van der Waals surface area contributed by atoms with Crippen LogP contribution in [-0.4, -0.2) is 53.5 Å². The van der Waals surface area contributed by atoms with Gasteiger partial charge in [-0.1, -0.05) is 36.4 Å². The van der Waals surface area contributed by atoms with Crippen molar-refractivity contribution in [3.63, 3.8) is 0 Å². The van der Waals surface area contributed by atoms with E-state index in [0.717, 1.165) is 47.2 Å². The number of rotatable bonds is 8. The third kappa shape index (κ3) is 7.04. The summed E-state index contributed by atoms with van der Waals surface area (Å²) in [5.41, 5.74) is 5.45. The van der Waals surface area contributed by atoms with E-state index in [1.807, 2.05) is 60.0 Å². The monoisotopic (exact) mass is 565 g/mol. The molecule has 1 saturated heterocycles. The summed E-state index contributed by atoms with van der Waals surface area (Å²) in [6, 6.07) is 19.5. The molecule has 214 valence electrons. The molecule has 1 aliphatic rings. The smallest absolute Gasteiger partial charge is 0.376 e. The first kappa shape index (κ1) is 28.2. The number of hydrogen-bond donors (Lipinski definition) is 3. The van der Waals surface area contributed by atoms with E-state index in [0.29, 0.717) is 17.9 Å². The summed E-state index contributed by atoms with van der Waals surface area (Å²) in [7, 11) is 0. The third-order valence-electron chi connectivity index (χ3n) is 7.04. The topological polar surface area (TPSA) is 97.3 Å². The Morgan fingerprint density at radius 1 is 1.05 bits per heavy atom. The molecule has 11 heteroatoms. The number of anilines is 1. The number of amides is 3. The number of fused-ring (bicyclic) bond motifs is 1. The highest BCUT2D eigenvalue weighted by molar-refractivity contribution is 5.90. The predicted octanol–water partition coefficient (Wildman–Crippen LogP) is 5.78. The lowest BCUT2D eigenvalue weighted by molar-refractivity contribution is -0.123. The molecule has 1 aliphatic heterocycles. The molecule has 0 saturated carbocycles. The molecular weight excluding hydrogens is 535 g/mol. The van der Waals surface area contributed by atoms with Gasteiger partial charge in [-0.25, -0.2) is 9.78 Å². The Morgan fingerprint density at radius 3 is 2.56 bits per heavy atom. The van der Waals surface area contributed by atoms with Crippen molar-refractivity contribution in [1.29, 1.82) is 0 Å². The van der Waals surface area contributed by atoms with Crippen molar-refractivity contribution < 1.29 is 27.5 Å². The summed E-state index contributed by atoms with van der Waals surface area (Å²) in [6.45, 7) is 1.76. The normalized spacial score (nSPS) is 16.0. The fraction of sp³-hybridized carbons (Fsp3) is 0.300. The second-order valence-corrected chi connectivity index (χ2v) is 10.0. The maximum atomic E-state index is 12.6. The maximum absolute atomic E-state index is 12.6. The fourth-order valence-corrected chi connectivity index (χ4v) is 4.78. The number of benzene rings is 3. The number of carbonyl (C=O) groups is 2. The van der Waals surface area contributed by atoms with Gasteiger partial charge in [-0.15, -0.1) is 0 Å². The number of nitrogens with one attached hydrogen (secondary N) is 3. The minimum Gasteiger partial charge on any atom is -0.376 e. The summed E-state index contributed by atoms with van der Waals surface area (Å²) < 4.78 is 44.5. The Morgan fingerprint density at radius 2 is 1.83 bits per heavy atom. The highest BCUT2D eigenvalue weighted by atomic mass is 19.4. The van der Waals surface area contributed by atoms with Crippen LogP contribution in [0.25, 0.3) is 27.8 Å². The zero-order valence-electron chi connectivity index (χ0n) is 22.4. The van der Waals surface area contributed by atoms with Crippen LogP contribution in [0.4, 0.5) is 23.7 Å². The summed E-state index contributed by atoms with van der Waals surface area (Å²) in [6.07, 6.45) is -0.731. The molecule has 1 fully saturated rings. The lowest BCUT2D eigenvalue weighted by Gasteiger charge is -2.15. The van der Waals surface area contributed by atoms with Crippen LogP contribution in [-0.2, 0) is 9.53 Å². The van der Waals surface area contributed by atoms with Crippen LogP contribution in [0.5, 0.6) is 0 Å². The van der Waals surface area contributed by atoms with E-state index in [2.05, 4.69) is 15.6 Å². The fourth-order valence-electron chi connectivity index (χ4n) is 4.78. The molecule has 3 N–H and O–H groups in total. The van der Waals surface area contributed by atoms with Gasteiger partial charge < -0.3 is 20.7 Å². The second-order valence-electron chi connectivity index (χ2n) is 10.0. The molecule has 0 aliphatic carbocycles. The minimum atomic E-state index is -4.49. The van der Waals surface area contributed by atoms with E-state index in [4.69, 9.17) is 4.74 Å². The SMILES string of the molecule is CC(C(=O)NCC1CCCO1)c1ccc(-c2ccc3c(c2)ncn3-c2cccc(NC(=O)NCC(F)(F)F)c2)cc1. The number of ether oxygens (including phenoxy) is 1. The number of hydrogen-bond acceptors (Lipinski definition) is 4. The number of imidazole rings is 1. The van der Waals surface area contributed by atoms with Crippen LogP contribution >= 0.6 is 0 Å². The molecule has 3 amide bonds. The molecule has 5 rings (SSSR count). The quantitative estimate of drug-likeness (QED) is 0.253. The van der Waals surface area contributed by atoms with Gasteiger partial charge in [0.15, 0.2) is 0 Å². The van der Waals surface area contributed by atoms with Gasteiger partial charge in [0.1, 0.15) is 12.9 Å². The Balaban J connectivity index is 1.26. The van der Waals surface area contributed by atoms with Crippen molar-refractivity contribution in [2.75, 3.05) is 25.0 Å². The number of urea groups is 1. The Hall–Kier alpha value is -4.38. The molecule has 1 aromatic heterocycles. The number of nitrogens with zero attached hydrogens (tertiary/aromatic N) is 2. The average Bonchev–Trinajstić information content (AvgIpc) is 3.64. The van der Waals surface area contributed by atoms with Gasteiger partial charge in [-0.3, -0.25) is 9.36 Å². The Bertz CT molecular complexity index is 1530.